The summed E-state index contributed by atoms with van der Waals surface area (Å²) in [6, 6.07) is 7.74. The minimum absolute atomic E-state index is 0.914. The summed E-state index contributed by atoms with van der Waals surface area (Å²) in [7, 11) is 0. The van der Waals surface area contributed by atoms with Crippen molar-refractivity contribution in [3.8, 4) is 0 Å². The van der Waals surface area contributed by atoms with E-state index in [-0.39, 0.29) is 0 Å². The molecular formula is C24H38N3Sn. The van der Waals surface area contributed by atoms with Crippen molar-refractivity contribution in [3.05, 3.63) is 24.3 Å². The minimum Gasteiger partial charge on any atom is -0.258 e. The molecule has 0 atom stereocenters. The monoisotopic (exact) mass is 488 g/mol. The number of rotatable bonds is 3. The summed E-state index contributed by atoms with van der Waals surface area (Å²) in [5.74, 6) is 0. The van der Waals surface area contributed by atoms with Gasteiger partial charge in [-0.15, -0.1) is 5.10 Å². The van der Waals surface area contributed by atoms with Crippen LogP contribution in [0.2, 0.25) is 11.8 Å². The first-order chi connectivity index (χ1) is 13.9. The second-order valence-electron chi connectivity index (χ2n) is 9.33. The van der Waals surface area contributed by atoms with Crippen LogP contribution in [0.15, 0.2) is 24.3 Å². The minimum atomic E-state index is -1.15. The second kappa shape index (κ2) is 11.0. The van der Waals surface area contributed by atoms with E-state index in [1.165, 1.54) is 11.8 Å². The Kier molecular flexibility index (Phi) is 8.11. The van der Waals surface area contributed by atoms with Crippen LogP contribution >= 0.6 is 0 Å². The van der Waals surface area contributed by atoms with E-state index in [9.17, 15) is 0 Å². The average Bonchev–Trinajstić information content (AvgIpc) is 3.26. The molecule has 28 heavy (non-hydrogen) atoms. The smallest absolute Gasteiger partial charge is 0.112 e. The Morgan fingerprint density at radius 2 is 1.11 bits per heavy atom. The van der Waals surface area contributed by atoms with Gasteiger partial charge < -0.3 is 0 Å². The summed E-state index contributed by atoms with van der Waals surface area (Å²) in [5.41, 5.74) is 1.90. The molecule has 1 N–H and O–H groups in total. The molecule has 0 amide bonds. The van der Waals surface area contributed by atoms with Crippen LogP contribution in [0.1, 0.15) is 96.3 Å². The maximum Gasteiger partial charge on any atom is 0.112 e. The van der Waals surface area contributed by atoms with Gasteiger partial charge in [0, 0.05) is 0 Å². The molecule has 3 nitrogen and oxygen atoms in total. The number of nitrogens with one attached hydrogen (secondary N) is 1. The number of aromatic amines is 1. The van der Waals surface area contributed by atoms with Crippen molar-refractivity contribution >= 4 is 30.8 Å². The number of hydrogen-bond donors (Lipinski definition) is 1. The molecule has 1 aromatic heterocycles. The van der Waals surface area contributed by atoms with E-state index in [4.69, 9.17) is 0 Å². The van der Waals surface area contributed by atoms with Crippen molar-refractivity contribution < 1.29 is 0 Å². The number of nitrogens with zero attached hydrogens (tertiary/aromatic N) is 2. The Hall–Kier alpha value is -0.581. The second-order valence-corrected chi connectivity index (χ2v) is 19.2. The maximum atomic E-state index is 3.81. The number of H-pyrrole nitrogens is 1. The van der Waals surface area contributed by atoms with Gasteiger partial charge in [0.1, 0.15) is 5.52 Å². The Bertz CT molecular complexity index is 609. The Morgan fingerprint density at radius 1 is 0.643 bits per heavy atom. The predicted molar refractivity (Wildman–Crippen MR) is 120 cm³/mol. The van der Waals surface area contributed by atoms with E-state index in [2.05, 4.69) is 15.4 Å². The van der Waals surface area contributed by atoms with Gasteiger partial charge in [-0.25, -0.2) is 0 Å². The first-order valence-corrected chi connectivity index (χ1v) is 17.0. The van der Waals surface area contributed by atoms with Gasteiger partial charge in [0.2, 0.25) is 0 Å². The van der Waals surface area contributed by atoms with Crippen LogP contribution in [0.5, 0.6) is 0 Å². The molecule has 2 aromatic rings. The summed E-state index contributed by atoms with van der Waals surface area (Å²) in [6.45, 7) is 0. The fourth-order valence-corrected chi connectivity index (χ4v) is 21.0. The number of aromatic nitrogens is 3. The molecule has 3 saturated carbocycles. The third kappa shape index (κ3) is 5.52. The topological polar surface area (TPSA) is 41.6 Å². The van der Waals surface area contributed by atoms with Crippen LogP contribution in [0.4, 0.5) is 0 Å². The molecule has 3 aliphatic rings. The van der Waals surface area contributed by atoms with E-state index in [0.717, 1.165) is 11.0 Å². The molecule has 5 rings (SSSR count). The Labute approximate surface area is 178 Å². The molecule has 0 aliphatic heterocycles. The van der Waals surface area contributed by atoms with Crippen molar-refractivity contribution in [1.82, 2.24) is 15.4 Å². The molecule has 0 bridgehead atoms. The van der Waals surface area contributed by atoms with Gasteiger partial charge in [0.25, 0.3) is 0 Å². The van der Waals surface area contributed by atoms with Gasteiger partial charge in [-0.2, -0.15) is 0 Å². The summed E-state index contributed by atoms with van der Waals surface area (Å²) in [4.78, 5) is 0. The molecule has 1 radical (unpaired) electrons. The van der Waals surface area contributed by atoms with E-state index >= 15 is 0 Å². The average molecular weight is 487 g/mol. The summed E-state index contributed by atoms with van der Waals surface area (Å²) in [6.07, 6.45) is 24.2. The largest absolute Gasteiger partial charge is 0.258 e. The zero-order valence-corrected chi connectivity index (χ0v) is 20.4. The molecule has 3 fully saturated rings. The normalized spacial score (nSPS) is 22.9. The quantitative estimate of drug-likeness (QED) is 0.457. The van der Waals surface area contributed by atoms with Crippen molar-refractivity contribution in [1.29, 1.82) is 0 Å². The van der Waals surface area contributed by atoms with Gasteiger partial charge in [-0.3, -0.25) is 5.10 Å². The van der Waals surface area contributed by atoms with Gasteiger partial charge in [-0.05, 0) is 12.1 Å². The van der Waals surface area contributed by atoms with E-state index in [1.807, 2.05) is 24.3 Å². The summed E-state index contributed by atoms with van der Waals surface area (Å²) < 4.78 is 3.96. The molecule has 3 aliphatic carbocycles. The maximum absolute atomic E-state index is 3.81. The molecule has 1 aromatic carbocycles. The molecule has 0 spiro atoms. The molecule has 1 heterocycles. The number of benzene rings is 1. The van der Waals surface area contributed by atoms with E-state index in [1.54, 1.807) is 96.3 Å². The van der Waals surface area contributed by atoms with Crippen LogP contribution in [-0.2, 0) is 0 Å². The Morgan fingerprint density at radius 3 is 1.57 bits per heavy atom. The van der Waals surface area contributed by atoms with Gasteiger partial charge in [0.05, 0.1) is 5.52 Å². The molecule has 0 unspecified atom stereocenters. The SMILES string of the molecule is C1CC[CH]([Sn]([CH]2CCCCC2)[CH]2CCCCC2)CC1.c1ccc2[nH]nnc2c1. The van der Waals surface area contributed by atoms with Crippen molar-refractivity contribution in [2.75, 3.05) is 0 Å². The Balaban J connectivity index is 0.000000177. The molecule has 153 valence electrons. The zero-order chi connectivity index (χ0) is 19.0. The number of fused-ring (bicyclic) bond motifs is 1. The molecule has 4 heteroatoms. The van der Waals surface area contributed by atoms with Gasteiger partial charge in [0.15, 0.2) is 0 Å². The van der Waals surface area contributed by atoms with E-state index < -0.39 is 19.8 Å². The standard InChI is InChI=1S/C6H5N3.3C6H11.Sn/c1-2-4-6-5(3-1)7-9-8-6;3*1-2-4-6-5-3-1;/h1-4H,(H,7,8,9);3*1H,2-6H2;. The fourth-order valence-electron chi connectivity index (χ4n) is 6.10. The third-order valence-corrected chi connectivity index (χ3v) is 20.5. The number of hydrogen-bond acceptors (Lipinski definition) is 2. The predicted octanol–water partition coefficient (Wildman–Crippen LogP) is 7.44. The van der Waals surface area contributed by atoms with E-state index in [0.29, 0.717) is 0 Å². The van der Waals surface area contributed by atoms with Crippen LogP contribution < -0.4 is 0 Å². The molecule has 0 saturated heterocycles. The number of para-hydroxylation sites is 1. The van der Waals surface area contributed by atoms with Crippen LogP contribution in [0, 0.1) is 0 Å². The summed E-state index contributed by atoms with van der Waals surface area (Å²) in [5, 5.41) is 10.2. The third-order valence-electron chi connectivity index (χ3n) is 7.46. The van der Waals surface area contributed by atoms with Gasteiger partial charge in [-0.1, -0.05) is 17.3 Å². The molecular weight excluding hydrogens is 449 g/mol. The zero-order valence-electron chi connectivity index (χ0n) is 17.5. The first kappa shape index (κ1) is 20.7. The van der Waals surface area contributed by atoms with Crippen LogP contribution in [0.3, 0.4) is 0 Å². The van der Waals surface area contributed by atoms with Crippen molar-refractivity contribution in [2.45, 2.75) is 108 Å². The van der Waals surface area contributed by atoms with Crippen LogP contribution in [-0.4, -0.2) is 35.2 Å². The fraction of sp³-hybridized carbons (Fsp3) is 0.750. The van der Waals surface area contributed by atoms with Crippen molar-refractivity contribution in [2.24, 2.45) is 0 Å². The van der Waals surface area contributed by atoms with Crippen LogP contribution in [0.25, 0.3) is 11.0 Å². The van der Waals surface area contributed by atoms with Gasteiger partial charge >= 0.3 is 128 Å². The first-order valence-electron chi connectivity index (χ1n) is 12.0. The van der Waals surface area contributed by atoms with Crippen molar-refractivity contribution in [3.63, 3.8) is 0 Å². The summed E-state index contributed by atoms with van der Waals surface area (Å²) >= 11 is -1.15.